The maximum Gasteiger partial charge on any atom is 0.266 e. The first-order valence-corrected chi connectivity index (χ1v) is 13.1. The molecule has 0 unspecified atom stereocenters. The van der Waals surface area contributed by atoms with Gasteiger partial charge in [-0.05, 0) is 65.5 Å². The SMILES string of the molecule is CCOc1cc(/C=C2\SC(=S)N(C[C@@H]3CCCO3)C2=O)cc(Br)c1OCc1ccccc1Cl. The van der Waals surface area contributed by atoms with E-state index < -0.39 is 0 Å². The Morgan fingerprint density at radius 2 is 2.15 bits per heavy atom. The van der Waals surface area contributed by atoms with Gasteiger partial charge in [-0.1, -0.05) is 53.8 Å². The Morgan fingerprint density at radius 3 is 2.88 bits per heavy atom. The van der Waals surface area contributed by atoms with Crippen LogP contribution in [0.1, 0.15) is 30.9 Å². The van der Waals surface area contributed by atoms with Crippen LogP contribution >= 0.6 is 51.5 Å². The van der Waals surface area contributed by atoms with Gasteiger partial charge in [-0.3, -0.25) is 9.69 Å². The molecular weight excluding hydrogens is 546 g/mol. The molecule has 5 nitrogen and oxygen atoms in total. The van der Waals surface area contributed by atoms with Crippen LogP contribution in [0.25, 0.3) is 6.08 Å². The fraction of sp³-hybridized carbons (Fsp3) is 0.333. The molecule has 174 valence electrons. The minimum atomic E-state index is -0.0892. The summed E-state index contributed by atoms with van der Waals surface area (Å²) in [4.78, 5) is 15.2. The first-order chi connectivity index (χ1) is 16.0. The highest BCUT2D eigenvalue weighted by atomic mass is 79.9. The molecule has 0 N–H and O–H groups in total. The number of rotatable bonds is 8. The lowest BCUT2D eigenvalue weighted by Crippen LogP contribution is -2.35. The Kier molecular flexibility index (Phi) is 8.35. The predicted octanol–water partition coefficient (Wildman–Crippen LogP) is 6.46. The molecule has 0 aromatic heterocycles. The highest BCUT2D eigenvalue weighted by Crippen LogP contribution is 2.40. The summed E-state index contributed by atoms with van der Waals surface area (Å²) in [6.45, 7) is 3.94. The van der Waals surface area contributed by atoms with E-state index in [1.54, 1.807) is 4.90 Å². The van der Waals surface area contributed by atoms with Crippen molar-refractivity contribution in [3.05, 3.63) is 61.9 Å². The van der Waals surface area contributed by atoms with Crippen molar-refractivity contribution < 1.29 is 19.0 Å². The fourth-order valence-electron chi connectivity index (χ4n) is 3.64. The van der Waals surface area contributed by atoms with Gasteiger partial charge in [-0.15, -0.1) is 0 Å². The summed E-state index contributed by atoms with van der Waals surface area (Å²) in [5.74, 6) is 1.08. The normalized spacial score (nSPS) is 19.5. The largest absolute Gasteiger partial charge is 0.490 e. The summed E-state index contributed by atoms with van der Waals surface area (Å²) in [5, 5.41) is 0.647. The van der Waals surface area contributed by atoms with E-state index in [0.717, 1.165) is 35.0 Å². The zero-order valence-corrected chi connectivity index (χ0v) is 22.0. The molecule has 0 spiro atoms. The number of hydrogen-bond donors (Lipinski definition) is 0. The molecule has 0 saturated carbocycles. The number of ether oxygens (including phenoxy) is 3. The Morgan fingerprint density at radius 1 is 1.33 bits per heavy atom. The second-order valence-electron chi connectivity index (χ2n) is 7.57. The van der Waals surface area contributed by atoms with Gasteiger partial charge in [-0.2, -0.15) is 0 Å². The number of thiocarbonyl (C=S) groups is 1. The molecule has 1 atom stereocenters. The summed E-state index contributed by atoms with van der Waals surface area (Å²) in [7, 11) is 0. The van der Waals surface area contributed by atoms with Gasteiger partial charge >= 0.3 is 0 Å². The number of nitrogens with zero attached hydrogens (tertiary/aromatic N) is 1. The Hall–Kier alpha value is -1.58. The van der Waals surface area contributed by atoms with E-state index in [9.17, 15) is 4.79 Å². The molecule has 1 amide bonds. The predicted molar refractivity (Wildman–Crippen MR) is 140 cm³/mol. The molecule has 2 fully saturated rings. The molecule has 9 heteroatoms. The molecule has 0 radical (unpaired) electrons. The smallest absolute Gasteiger partial charge is 0.266 e. The summed E-state index contributed by atoms with van der Waals surface area (Å²) < 4.78 is 18.8. The number of carbonyl (C=O) groups is 1. The highest BCUT2D eigenvalue weighted by molar-refractivity contribution is 9.10. The highest BCUT2D eigenvalue weighted by Gasteiger charge is 2.34. The maximum atomic E-state index is 13.0. The van der Waals surface area contributed by atoms with E-state index in [1.165, 1.54) is 11.8 Å². The van der Waals surface area contributed by atoms with Gasteiger partial charge in [0.2, 0.25) is 0 Å². The van der Waals surface area contributed by atoms with Crippen molar-refractivity contribution in [2.24, 2.45) is 0 Å². The van der Waals surface area contributed by atoms with Gasteiger partial charge in [0.15, 0.2) is 11.5 Å². The van der Waals surface area contributed by atoms with Crippen molar-refractivity contribution in [3.63, 3.8) is 0 Å². The van der Waals surface area contributed by atoms with E-state index >= 15 is 0 Å². The Balaban J connectivity index is 1.54. The van der Waals surface area contributed by atoms with E-state index in [2.05, 4.69) is 15.9 Å². The molecular formula is C24H23BrClNO4S2. The van der Waals surface area contributed by atoms with E-state index in [0.29, 0.717) is 45.5 Å². The third kappa shape index (κ3) is 5.92. The second-order valence-corrected chi connectivity index (χ2v) is 10.5. The van der Waals surface area contributed by atoms with Crippen LogP contribution in [0, 0.1) is 0 Å². The monoisotopic (exact) mass is 567 g/mol. The van der Waals surface area contributed by atoms with Crippen LogP contribution in [-0.4, -0.2) is 41.0 Å². The van der Waals surface area contributed by atoms with Crippen LogP contribution in [0.3, 0.4) is 0 Å². The van der Waals surface area contributed by atoms with E-state index in [-0.39, 0.29) is 12.0 Å². The third-order valence-electron chi connectivity index (χ3n) is 5.24. The van der Waals surface area contributed by atoms with Crippen LogP contribution in [0.5, 0.6) is 11.5 Å². The molecule has 4 rings (SSSR count). The average Bonchev–Trinajstić information content (AvgIpc) is 3.39. The van der Waals surface area contributed by atoms with Gasteiger partial charge in [0, 0.05) is 17.2 Å². The van der Waals surface area contributed by atoms with Gasteiger partial charge in [0.1, 0.15) is 10.9 Å². The summed E-state index contributed by atoms with van der Waals surface area (Å²) in [6.07, 6.45) is 3.87. The number of carbonyl (C=O) groups excluding carboxylic acids is 1. The number of thioether (sulfide) groups is 1. The number of amides is 1. The van der Waals surface area contributed by atoms with Crippen molar-refractivity contribution in [3.8, 4) is 11.5 Å². The zero-order chi connectivity index (χ0) is 23.4. The van der Waals surface area contributed by atoms with E-state index in [4.69, 9.17) is 38.0 Å². The van der Waals surface area contributed by atoms with Crippen molar-refractivity contribution in [1.82, 2.24) is 4.90 Å². The third-order valence-corrected chi connectivity index (χ3v) is 7.58. The number of halogens is 2. The minimum absolute atomic E-state index is 0.0556. The Labute approximate surface area is 216 Å². The lowest BCUT2D eigenvalue weighted by atomic mass is 10.1. The van der Waals surface area contributed by atoms with E-state index in [1.807, 2.05) is 49.4 Å². The van der Waals surface area contributed by atoms with Gasteiger partial charge in [0.25, 0.3) is 5.91 Å². The van der Waals surface area contributed by atoms with Gasteiger partial charge in [0.05, 0.1) is 28.6 Å². The quantitative estimate of drug-likeness (QED) is 0.269. The minimum Gasteiger partial charge on any atom is -0.490 e. The van der Waals surface area contributed by atoms with Gasteiger partial charge in [-0.25, -0.2) is 0 Å². The first-order valence-electron chi connectivity index (χ1n) is 10.7. The molecule has 2 aromatic rings. The van der Waals surface area contributed by atoms with Crippen molar-refractivity contribution in [2.45, 2.75) is 32.5 Å². The average molecular weight is 569 g/mol. The van der Waals surface area contributed by atoms with Crippen LogP contribution < -0.4 is 9.47 Å². The molecule has 2 saturated heterocycles. The number of benzene rings is 2. The molecule has 2 heterocycles. The standard InChI is InChI=1S/C24H23BrClNO4S2/c1-2-29-20-11-15(10-18(25)22(20)31-14-16-6-3-4-8-19(16)26)12-21-23(28)27(24(32)33-21)13-17-7-5-9-30-17/h3-4,6,8,10-12,17H,2,5,7,9,13-14H2,1H3/b21-12-/t17-/m0/s1. The molecule has 2 aliphatic rings. The van der Waals surface area contributed by atoms with Crippen LogP contribution in [-0.2, 0) is 16.1 Å². The van der Waals surface area contributed by atoms with Crippen LogP contribution in [0.2, 0.25) is 5.02 Å². The molecule has 0 bridgehead atoms. The number of hydrogen-bond acceptors (Lipinski definition) is 6. The fourth-order valence-corrected chi connectivity index (χ4v) is 5.68. The molecule has 2 aromatic carbocycles. The zero-order valence-electron chi connectivity index (χ0n) is 18.0. The first kappa shape index (κ1) is 24.5. The summed E-state index contributed by atoms with van der Waals surface area (Å²) >= 11 is 16.6. The lowest BCUT2D eigenvalue weighted by Gasteiger charge is -2.18. The van der Waals surface area contributed by atoms with Crippen molar-refractivity contribution in [1.29, 1.82) is 0 Å². The van der Waals surface area contributed by atoms with Crippen molar-refractivity contribution >= 4 is 67.8 Å². The summed E-state index contributed by atoms with van der Waals surface area (Å²) in [5.41, 5.74) is 1.69. The molecule has 0 aliphatic carbocycles. The maximum absolute atomic E-state index is 13.0. The Bertz CT molecular complexity index is 1090. The van der Waals surface area contributed by atoms with Crippen molar-refractivity contribution in [2.75, 3.05) is 19.8 Å². The van der Waals surface area contributed by atoms with Crippen LogP contribution in [0.4, 0.5) is 0 Å². The van der Waals surface area contributed by atoms with Gasteiger partial charge < -0.3 is 14.2 Å². The molecule has 2 aliphatic heterocycles. The molecule has 33 heavy (non-hydrogen) atoms. The topological polar surface area (TPSA) is 48.0 Å². The summed E-state index contributed by atoms with van der Waals surface area (Å²) in [6, 6.07) is 11.3. The lowest BCUT2D eigenvalue weighted by molar-refractivity contribution is -0.123. The second kappa shape index (κ2) is 11.2. The van der Waals surface area contributed by atoms with Crippen LogP contribution in [0.15, 0.2) is 45.8 Å².